The molecular weight excluding hydrogens is 462 g/mol. The Kier molecular flexibility index (Phi) is 6.90. The Morgan fingerprint density at radius 1 is 1.09 bits per heavy atom. The normalized spacial score (nSPS) is 21.2. The first-order valence-corrected chi connectivity index (χ1v) is 12.7. The van der Waals surface area contributed by atoms with E-state index < -0.39 is 11.2 Å². The van der Waals surface area contributed by atoms with E-state index in [1.807, 2.05) is 30.3 Å². The number of carbonyl (C=O) groups is 2. The number of piperazine rings is 1. The fourth-order valence-electron chi connectivity index (χ4n) is 4.62. The van der Waals surface area contributed by atoms with Crippen molar-refractivity contribution in [1.29, 1.82) is 0 Å². The van der Waals surface area contributed by atoms with Gasteiger partial charge >= 0.3 is 5.97 Å². The lowest BCUT2D eigenvalue weighted by molar-refractivity contribution is -0.138. The summed E-state index contributed by atoms with van der Waals surface area (Å²) in [5.41, 5.74) is 4.92. The fraction of sp³-hybridized carbons (Fsp3) is 0.346. The van der Waals surface area contributed by atoms with Crippen LogP contribution in [0.4, 0.5) is 5.82 Å². The van der Waals surface area contributed by atoms with Gasteiger partial charge in [-0.1, -0.05) is 54.6 Å². The van der Waals surface area contributed by atoms with E-state index in [4.69, 9.17) is 0 Å². The van der Waals surface area contributed by atoms with Crippen molar-refractivity contribution in [3.8, 4) is 11.3 Å². The van der Waals surface area contributed by atoms with Gasteiger partial charge in [0.2, 0.25) is 5.91 Å². The van der Waals surface area contributed by atoms with Gasteiger partial charge in [-0.25, -0.2) is 0 Å². The summed E-state index contributed by atoms with van der Waals surface area (Å²) in [7, 11) is 2.15. The summed E-state index contributed by atoms with van der Waals surface area (Å²) in [6, 6.07) is 18.3. The van der Waals surface area contributed by atoms with E-state index in [1.54, 1.807) is 0 Å². The number of aromatic nitrogens is 2. The Morgan fingerprint density at radius 2 is 1.80 bits per heavy atom. The first-order chi connectivity index (χ1) is 17.0. The number of carboxylic acid groups (broad SMARTS) is 1. The zero-order valence-electron chi connectivity index (χ0n) is 19.6. The van der Waals surface area contributed by atoms with Gasteiger partial charge in [-0.15, -0.1) is 11.8 Å². The largest absolute Gasteiger partial charge is 0.481 e. The van der Waals surface area contributed by atoms with Gasteiger partial charge in [-0.2, -0.15) is 5.10 Å². The SMILES string of the molecule is CN1CCN(Cc2ccc(C3SC(CC(=O)O)C(=O)Nc4n[nH]c(-c5ccccc5)c43)cc2)CC1. The van der Waals surface area contributed by atoms with Gasteiger partial charge in [0.1, 0.15) is 0 Å². The van der Waals surface area contributed by atoms with Crippen LogP contribution in [0, 0.1) is 0 Å². The summed E-state index contributed by atoms with van der Waals surface area (Å²) < 4.78 is 0. The van der Waals surface area contributed by atoms with Crippen molar-refractivity contribution in [3.05, 3.63) is 71.3 Å². The minimum absolute atomic E-state index is 0.247. The molecule has 0 aliphatic carbocycles. The smallest absolute Gasteiger partial charge is 0.305 e. The Hall–Kier alpha value is -3.14. The van der Waals surface area contributed by atoms with Crippen molar-refractivity contribution in [2.75, 3.05) is 38.5 Å². The number of anilines is 1. The monoisotopic (exact) mass is 491 g/mol. The number of benzene rings is 2. The second kappa shape index (κ2) is 10.2. The molecule has 8 nitrogen and oxygen atoms in total. The quantitative estimate of drug-likeness (QED) is 0.486. The number of nitrogens with zero attached hydrogens (tertiary/aromatic N) is 3. The molecule has 1 amide bonds. The highest BCUT2D eigenvalue weighted by Gasteiger charge is 2.36. The second-order valence-corrected chi connectivity index (χ2v) is 10.5. The van der Waals surface area contributed by atoms with E-state index in [-0.39, 0.29) is 17.6 Å². The number of carboxylic acids is 1. The number of rotatable bonds is 6. The number of H-pyrrole nitrogens is 1. The highest BCUT2D eigenvalue weighted by atomic mass is 32.2. The van der Waals surface area contributed by atoms with Gasteiger partial charge in [0.15, 0.2) is 5.82 Å². The van der Waals surface area contributed by atoms with Gasteiger partial charge in [-0.3, -0.25) is 19.6 Å². The molecule has 2 atom stereocenters. The van der Waals surface area contributed by atoms with Crippen LogP contribution < -0.4 is 5.32 Å². The number of hydrogen-bond donors (Lipinski definition) is 3. The van der Waals surface area contributed by atoms with Crippen LogP contribution in [0.25, 0.3) is 11.3 Å². The van der Waals surface area contributed by atoms with E-state index in [0.29, 0.717) is 5.82 Å². The molecule has 2 aliphatic heterocycles. The Morgan fingerprint density at radius 3 is 2.49 bits per heavy atom. The Balaban J connectivity index is 1.47. The minimum Gasteiger partial charge on any atom is -0.481 e. The Labute approximate surface area is 208 Å². The number of carbonyl (C=O) groups excluding carboxylic acids is 1. The number of aliphatic carboxylic acids is 1. The third-order valence-corrected chi connectivity index (χ3v) is 8.10. The number of likely N-dealkylation sites (N-methyl/N-ethyl adjacent to an activating group) is 1. The molecule has 182 valence electrons. The average Bonchev–Trinajstić information content (AvgIpc) is 3.21. The lowest BCUT2D eigenvalue weighted by Crippen LogP contribution is -2.43. The highest BCUT2D eigenvalue weighted by Crippen LogP contribution is 2.47. The highest BCUT2D eigenvalue weighted by molar-refractivity contribution is 8.01. The maximum Gasteiger partial charge on any atom is 0.305 e. The number of hydrogen-bond acceptors (Lipinski definition) is 6. The number of amides is 1. The van der Waals surface area contributed by atoms with Crippen molar-refractivity contribution < 1.29 is 14.7 Å². The molecule has 0 bridgehead atoms. The van der Waals surface area contributed by atoms with E-state index in [2.05, 4.69) is 56.6 Å². The lowest BCUT2D eigenvalue weighted by Gasteiger charge is -2.32. The zero-order valence-corrected chi connectivity index (χ0v) is 20.4. The van der Waals surface area contributed by atoms with Crippen molar-refractivity contribution in [2.24, 2.45) is 0 Å². The molecule has 35 heavy (non-hydrogen) atoms. The molecule has 0 saturated carbocycles. The summed E-state index contributed by atoms with van der Waals surface area (Å²) in [6.07, 6.45) is -0.247. The summed E-state index contributed by atoms with van der Waals surface area (Å²) in [5, 5.41) is 18.8. The number of aromatic amines is 1. The summed E-state index contributed by atoms with van der Waals surface area (Å²) in [4.78, 5) is 29.2. The standard InChI is InChI=1S/C26H29N5O3S/c1-30-11-13-31(14-12-30)16-17-7-9-19(10-8-17)24-22-23(18-5-3-2-4-6-18)28-29-25(22)27-26(34)20(35-24)15-21(32)33/h2-10,20,24H,11-16H2,1H3,(H,32,33)(H2,27,28,29,34). The molecule has 1 saturated heterocycles. The molecule has 1 fully saturated rings. The van der Waals surface area contributed by atoms with Crippen LogP contribution in [0.2, 0.25) is 0 Å². The summed E-state index contributed by atoms with van der Waals surface area (Å²) in [5.74, 6) is -0.872. The zero-order chi connectivity index (χ0) is 24.4. The summed E-state index contributed by atoms with van der Waals surface area (Å²) in [6.45, 7) is 5.17. The molecule has 2 unspecified atom stereocenters. The molecule has 0 radical (unpaired) electrons. The molecule has 5 rings (SSSR count). The van der Waals surface area contributed by atoms with E-state index >= 15 is 0 Å². The number of nitrogens with one attached hydrogen (secondary N) is 2. The van der Waals surface area contributed by atoms with Gasteiger partial charge in [0, 0.05) is 38.3 Å². The Bertz CT molecular complexity index is 1190. The molecular formula is C26H29N5O3S. The maximum atomic E-state index is 12.9. The third-order valence-electron chi connectivity index (χ3n) is 6.61. The number of fused-ring (bicyclic) bond motifs is 1. The van der Waals surface area contributed by atoms with Crippen LogP contribution in [-0.2, 0) is 16.1 Å². The van der Waals surface area contributed by atoms with Gasteiger partial charge < -0.3 is 15.3 Å². The van der Waals surface area contributed by atoms with E-state index in [9.17, 15) is 14.7 Å². The van der Waals surface area contributed by atoms with E-state index in [0.717, 1.165) is 55.1 Å². The van der Waals surface area contributed by atoms with Gasteiger partial charge in [0.25, 0.3) is 0 Å². The molecule has 9 heteroatoms. The fourth-order valence-corrected chi connectivity index (χ4v) is 6.05. The van der Waals surface area contributed by atoms with Crippen LogP contribution in [0.3, 0.4) is 0 Å². The van der Waals surface area contributed by atoms with Crippen LogP contribution in [-0.4, -0.2) is 75.5 Å². The first kappa shape index (κ1) is 23.6. The molecule has 1 aromatic heterocycles. The first-order valence-electron chi connectivity index (χ1n) is 11.8. The minimum atomic E-state index is -0.997. The second-order valence-electron chi connectivity index (χ2n) is 9.14. The van der Waals surface area contributed by atoms with Crippen molar-refractivity contribution >= 4 is 29.5 Å². The average molecular weight is 492 g/mol. The molecule has 3 N–H and O–H groups in total. The predicted molar refractivity (Wildman–Crippen MR) is 137 cm³/mol. The van der Waals surface area contributed by atoms with Crippen LogP contribution in [0.15, 0.2) is 54.6 Å². The summed E-state index contributed by atoms with van der Waals surface area (Å²) >= 11 is 1.37. The molecule has 3 heterocycles. The van der Waals surface area contributed by atoms with Crippen molar-refractivity contribution in [1.82, 2.24) is 20.0 Å². The maximum absolute atomic E-state index is 12.9. The third kappa shape index (κ3) is 5.27. The lowest BCUT2D eigenvalue weighted by atomic mass is 9.99. The van der Waals surface area contributed by atoms with Crippen molar-refractivity contribution in [3.63, 3.8) is 0 Å². The number of thioether (sulfide) groups is 1. The van der Waals surface area contributed by atoms with Gasteiger partial charge in [0.05, 0.1) is 22.6 Å². The van der Waals surface area contributed by atoms with Crippen LogP contribution in [0.1, 0.15) is 28.4 Å². The molecule has 2 aromatic carbocycles. The van der Waals surface area contributed by atoms with Crippen LogP contribution >= 0.6 is 11.8 Å². The van der Waals surface area contributed by atoms with E-state index in [1.165, 1.54) is 17.3 Å². The topological polar surface area (TPSA) is 102 Å². The van der Waals surface area contributed by atoms with Crippen LogP contribution in [0.5, 0.6) is 0 Å². The molecule has 3 aromatic rings. The molecule has 2 aliphatic rings. The van der Waals surface area contributed by atoms with Crippen molar-refractivity contribution in [2.45, 2.75) is 23.5 Å². The predicted octanol–water partition coefficient (Wildman–Crippen LogP) is 3.44. The van der Waals surface area contributed by atoms with Gasteiger partial charge in [-0.05, 0) is 23.7 Å². The molecule has 0 spiro atoms.